The topological polar surface area (TPSA) is 81.5 Å². The summed E-state index contributed by atoms with van der Waals surface area (Å²) < 4.78 is 30.3. The van der Waals surface area contributed by atoms with E-state index in [1.165, 1.54) is 11.8 Å². The van der Waals surface area contributed by atoms with Crippen molar-refractivity contribution in [1.82, 2.24) is 14.5 Å². The average molecular weight is 396 g/mol. The molecule has 0 N–H and O–H groups in total. The molecule has 2 aromatic rings. The van der Waals surface area contributed by atoms with Crippen molar-refractivity contribution in [2.75, 3.05) is 31.4 Å². The second-order valence-electron chi connectivity index (χ2n) is 6.13. The zero-order chi connectivity index (χ0) is 18.7. The van der Waals surface area contributed by atoms with Gasteiger partial charge in [0.25, 0.3) is 0 Å². The summed E-state index contributed by atoms with van der Waals surface area (Å²) >= 11 is 1.33. The van der Waals surface area contributed by atoms with Crippen molar-refractivity contribution in [2.24, 2.45) is 0 Å². The van der Waals surface area contributed by atoms with Crippen LogP contribution in [0.3, 0.4) is 0 Å². The molecule has 0 spiro atoms. The van der Waals surface area contributed by atoms with E-state index in [0.717, 1.165) is 11.4 Å². The van der Waals surface area contributed by atoms with Crippen molar-refractivity contribution in [3.63, 3.8) is 0 Å². The zero-order valence-corrected chi connectivity index (χ0v) is 16.3. The molecule has 0 aliphatic carbocycles. The van der Waals surface area contributed by atoms with Crippen molar-refractivity contribution in [1.29, 1.82) is 0 Å². The molecule has 0 saturated carbocycles. The Hall–Kier alpha value is -2.00. The number of amides is 1. The third-order valence-corrected chi connectivity index (χ3v) is 7.11. The molecule has 1 saturated heterocycles. The van der Waals surface area contributed by atoms with E-state index in [1.807, 2.05) is 35.0 Å². The zero-order valence-electron chi connectivity index (χ0n) is 14.7. The van der Waals surface area contributed by atoms with Crippen molar-refractivity contribution in [3.8, 4) is 11.4 Å². The molecule has 3 rings (SSSR count). The Morgan fingerprint density at radius 1 is 1.46 bits per heavy atom. The Morgan fingerprint density at radius 3 is 2.96 bits per heavy atom. The van der Waals surface area contributed by atoms with Gasteiger partial charge in [-0.1, -0.05) is 17.8 Å². The number of carbonyl (C=O) groups is 1. The second kappa shape index (κ2) is 7.71. The highest BCUT2D eigenvalue weighted by Crippen LogP contribution is 2.24. The van der Waals surface area contributed by atoms with Crippen LogP contribution in [-0.2, 0) is 14.6 Å². The summed E-state index contributed by atoms with van der Waals surface area (Å²) in [5.41, 5.74) is 0.895. The van der Waals surface area contributed by atoms with Gasteiger partial charge in [0.05, 0.1) is 30.1 Å². The van der Waals surface area contributed by atoms with Crippen LogP contribution in [0.4, 0.5) is 0 Å². The molecule has 1 atom stereocenters. The van der Waals surface area contributed by atoms with Gasteiger partial charge in [-0.3, -0.25) is 9.36 Å². The van der Waals surface area contributed by atoms with Gasteiger partial charge < -0.3 is 9.64 Å². The summed E-state index contributed by atoms with van der Waals surface area (Å²) in [4.78, 5) is 18.3. The Morgan fingerprint density at radius 2 is 2.27 bits per heavy atom. The lowest BCUT2D eigenvalue weighted by Gasteiger charge is -2.23. The van der Waals surface area contributed by atoms with E-state index >= 15 is 0 Å². The van der Waals surface area contributed by atoms with E-state index in [9.17, 15) is 13.2 Å². The van der Waals surface area contributed by atoms with Crippen molar-refractivity contribution < 1.29 is 17.9 Å². The first-order valence-electron chi connectivity index (χ1n) is 8.16. The van der Waals surface area contributed by atoms with Gasteiger partial charge in [-0.2, -0.15) is 0 Å². The van der Waals surface area contributed by atoms with Crippen LogP contribution >= 0.6 is 11.8 Å². The molecule has 1 unspecified atom stereocenters. The average Bonchev–Trinajstić information content (AvgIpc) is 3.25. The first-order valence-corrected chi connectivity index (χ1v) is 11.0. The first-order chi connectivity index (χ1) is 12.4. The molecule has 1 amide bonds. The van der Waals surface area contributed by atoms with Gasteiger partial charge in [-0.05, 0) is 18.6 Å². The van der Waals surface area contributed by atoms with E-state index < -0.39 is 9.84 Å². The number of methoxy groups -OCH3 is 1. The minimum absolute atomic E-state index is 0.0539. The van der Waals surface area contributed by atoms with Gasteiger partial charge in [-0.25, -0.2) is 13.4 Å². The first kappa shape index (κ1) is 18.8. The number of ether oxygens (including phenoxy) is 1. The van der Waals surface area contributed by atoms with E-state index in [1.54, 1.807) is 25.3 Å². The van der Waals surface area contributed by atoms with Crippen LogP contribution in [0.25, 0.3) is 5.69 Å². The number of hydrogen-bond donors (Lipinski definition) is 0. The number of rotatable bonds is 6. The van der Waals surface area contributed by atoms with E-state index in [4.69, 9.17) is 4.74 Å². The van der Waals surface area contributed by atoms with Crippen LogP contribution < -0.4 is 4.74 Å². The third kappa shape index (κ3) is 4.21. The fraction of sp³-hybridized carbons (Fsp3) is 0.412. The summed E-state index contributed by atoms with van der Waals surface area (Å²) in [5.74, 6) is 1.05. The number of imidazole rings is 1. The Bertz CT molecular complexity index is 895. The van der Waals surface area contributed by atoms with Crippen LogP contribution in [-0.4, -0.2) is 66.2 Å². The predicted octanol–water partition coefficient (Wildman–Crippen LogP) is 1.62. The number of hydrogen-bond acceptors (Lipinski definition) is 6. The van der Waals surface area contributed by atoms with E-state index in [-0.39, 0.29) is 29.2 Å². The molecule has 1 aromatic heterocycles. The molecule has 1 aromatic carbocycles. The highest BCUT2D eigenvalue weighted by atomic mass is 32.2. The van der Waals surface area contributed by atoms with Crippen molar-refractivity contribution >= 4 is 27.5 Å². The summed E-state index contributed by atoms with van der Waals surface area (Å²) in [6, 6.07) is 7.35. The lowest BCUT2D eigenvalue weighted by Crippen LogP contribution is -2.38. The molecule has 7 nitrogen and oxygen atoms in total. The molecule has 1 aliphatic heterocycles. The summed E-state index contributed by atoms with van der Waals surface area (Å²) in [6.07, 6.45) is 4.02. The maximum Gasteiger partial charge on any atom is 0.233 e. The largest absolute Gasteiger partial charge is 0.497 e. The molecule has 26 heavy (non-hydrogen) atoms. The molecular weight excluding hydrogens is 374 g/mol. The lowest BCUT2D eigenvalue weighted by atomic mass is 10.2. The van der Waals surface area contributed by atoms with Crippen LogP contribution in [0.15, 0.2) is 41.8 Å². The lowest BCUT2D eigenvalue weighted by molar-refractivity contribution is -0.128. The minimum Gasteiger partial charge on any atom is -0.497 e. The number of sulfone groups is 1. The molecule has 1 aliphatic rings. The van der Waals surface area contributed by atoms with Gasteiger partial charge in [0, 0.05) is 31.5 Å². The Kier molecular flexibility index (Phi) is 5.57. The molecule has 0 bridgehead atoms. The van der Waals surface area contributed by atoms with Crippen LogP contribution in [0.2, 0.25) is 0 Å². The predicted molar refractivity (Wildman–Crippen MR) is 101 cm³/mol. The van der Waals surface area contributed by atoms with Gasteiger partial charge in [0.2, 0.25) is 5.91 Å². The second-order valence-corrected chi connectivity index (χ2v) is 9.30. The maximum atomic E-state index is 12.4. The highest BCUT2D eigenvalue weighted by Gasteiger charge is 2.32. The molecule has 0 radical (unpaired) electrons. The normalized spacial score (nSPS) is 18.6. The van der Waals surface area contributed by atoms with Gasteiger partial charge in [0.15, 0.2) is 15.0 Å². The SMILES string of the molecule is COc1cccc(-n2ccnc2SCC(=O)N(C)C2CCS(=O)(=O)C2)c1. The minimum atomic E-state index is -3.01. The monoisotopic (exact) mass is 395 g/mol. The van der Waals surface area contributed by atoms with Crippen LogP contribution in [0, 0.1) is 0 Å². The number of nitrogens with zero attached hydrogens (tertiary/aromatic N) is 3. The van der Waals surface area contributed by atoms with E-state index in [0.29, 0.717) is 11.6 Å². The number of thioether (sulfide) groups is 1. The Labute approximate surface area is 157 Å². The van der Waals surface area contributed by atoms with Gasteiger partial charge in [0.1, 0.15) is 5.75 Å². The Balaban J connectivity index is 1.65. The molecule has 1 fully saturated rings. The van der Waals surface area contributed by atoms with Gasteiger partial charge in [-0.15, -0.1) is 0 Å². The summed E-state index contributed by atoms with van der Waals surface area (Å²) in [7, 11) is 0.271. The highest BCUT2D eigenvalue weighted by molar-refractivity contribution is 7.99. The molecule has 9 heteroatoms. The standard InChI is InChI=1S/C17H21N3O4S2/c1-19(14-6-9-26(22,23)12-14)16(21)11-25-17-18-7-8-20(17)13-4-3-5-15(10-13)24-2/h3-5,7-8,10,14H,6,9,11-12H2,1-2H3. The van der Waals surface area contributed by atoms with Gasteiger partial charge >= 0.3 is 0 Å². The van der Waals surface area contributed by atoms with Crippen LogP contribution in [0.1, 0.15) is 6.42 Å². The molecule has 140 valence electrons. The van der Waals surface area contributed by atoms with E-state index in [2.05, 4.69) is 4.98 Å². The van der Waals surface area contributed by atoms with Crippen LogP contribution in [0.5, 0.6) is 5.75 Å². The maximum absolute atomic E-state index is 12.4. The number of benzene rings is 1. The summed E-state index contributed by atoms with van der Waals surface area (Å²) in [5, 5.41) is 0.694. The smallest absolute Gasteiger partial charge is 0.233 e. The van der Waals surface area contributed by atoms with Crippen molar-refractivity contribution in [3.05, 3.63) is 36.7 Å². The fourth-order valence-electron chi connectivity index (χ4n) is 2.87. The molecule has 2 heterocycles. The fourth-order valence-corrected chi connectivity index (χ4v) is 5.54. The number of carbonyl (C=O) groups excluding carboxylic acids is 1. The quantitative estimate of drug-likeness (QED) is 0.692. The molecular formula is C17H21N3O4S2. The summed E-state index contributed by atoms with van der Waals surface area (Å²) in [6.45, 7) is 0. The third-order valence-electron chi connectivity index (χ3n) is 4.41. The number of aromatic nitrogens is 2. The van der Waals surface area contributed by atoms with Crippen molar-refractivity contribution in [2.45, 2.75) is 17.6 Å².